The van der Waals surface area contributed by atoms with Crippen molar-refractivity contribution in [2.45, 2.75) is 51.1 Å². The van der Waals surface area contributed by atoms with E-state index in [9.17, 15) is 4.39 Å². The Balaban J connectivity index is 1.67. The topological polar surface area (TPSA) is 38.5 Å². The largest absolute Gasteiger partial charge is 0.494 e. The van der Waals surface area contributed by atoms with Crippen LogP contribution in [0.4, 0.5) is 4.39 Å². The Morgan fingerprint density at radius 2 is 1.86 bits per heavy atom. The summed E-state index contributed by atoms with van der Waals surface area (Å²) >= 11 is 0. The van der Waals surface area contributed by atoms with Crippen LogP contribution in [0.2, 0.25) is 0 Å². The van der Waals surface area contributed by atoms with Gasteiger partial charge in [0.05, 0.1) is 6.61 Å². The first-order valence-corrected chi connectivity index (χ1v) is 8.07. The number of nitrogens with two attached hydrogens (primary N) is 1. The van der Waals surface area contributed by atoms with Gasteiger partial charge in [-0.25, -0.2) is 4.39 Å². The van der Waals surface area contributed by atoms with Gasteiger partial charge in [0, 0.05) is 18.6 Å². The Bertz CT molecular complexity index is 402. The number of hydrogen-bond donors (Lipinski definition) is 1. The van der Waals surface area contributed by atoms with E-state index in [1.54, 1.807) is 12.1 Å². The molecular formula is C17H27FN2O. The lowest BCUT2D eigenvalue weighted by molar-refractivity contribution is 0.146. The minimum atomic E-state index is -0.227. The monoisotopic (exact) mass is 294 g/mol. The highest BCUT2D eigenvalue weighted by molar-refractivity contribution is 5.21. The second-order valence-electron chi connectivity index (χ2n) is 5.85. The lowest BCUT2D eigenvalue weighted by Gasteiger charge is -2.35. The summed E-state index contributed by atoms with van der Waals surface area (Å²) in [6.45, 7) is 5.03. The van der Waals surface area contributed by atoms with Gasteiger partial charge in [0.25, 0.3) is 0 Å². The molecule has 0 radical (unpaired) electrons. The van der Waals surface area contributed by atoms with Crippen LogP contribution in [0.5, 0.6) is 5.75 Å². The molecule has 0 spiro atoms. The second-order valence-corrected chi connectivity index (χ2v) is 5.85. The Hall–Kier alpha value is -1.13. The third-order valence-corrected chi connectivity index (χ3v) is 4.34. The van der Waals surface area contributed by atoms with Crippen LogP contribution < -0.4 is 10.5 Å². The fourth-order valence-corrected chi connectivity index (χ4v) is 3.05. The molecule has 1 aromatic rings. The highest BCUT2D eigenvalue weighted by Gasteiger charge is 2.22. The average Bonchev–Trinajstić information content (AvgIpc) is 2.50. The zero-order valence-corrected chi connectivity index (χ0v) is 12.9. The van der Waals surface area contributed by atoms with Gasteiger partial charge < -0.3 is 15.4 Å². The van der Waals surface area contributed by atoms with Crippen molar-refractivity contribution in [2.75, 3.05) is 19.7 Å². The third-order valence-electron chi connectivity index (χ3n) is 4.34. The van der Waals surface area contributed by atoms with Gasteiger partial charge >= 0.3 is 0 Å². The van der Waals surface area contributed by atoms with E-state index in [1.807, 2.05) is 0 Å². The maximum atomic E-state index is 12.8. The van der Waals surface area contributed by atoms with Crippen LogP contribution in [0.3, 0.4) is 0 Å². The molecule has 0 heterocycles. The normalized spacial score (nSPS) is 22.5. The van der Waals surface area contributed by atoms with Crippen molar-refractivity contribution < 1.29 is 9.13 Å². The van der Waals surface area contributed by atoms with Gasteiger partial charge in [-0.2, -0.15) is 0 Å². The molecule has 0 saturated heterocycles. The van der Waals surface area contributed by atoms with Crippen molar-refractivity contribution >= 4 is 0 Å². The number of benzene rings is 1. The van der Waals surface area contributed by atoms with Crippen molar-refractivity contribution in [1.29, 1.82) is 0 Å². The summed E-state index contributed by atoms with van der Waals surface area (Å²) in [5, 5.41) is 0. The van der Waals surface area contributed by atoms with Gasteiger partial charge in [0.15, 0.2) is 0 Å². The molecular weight excluding hydrogens is 267 g/mol. The SMILES string of the molecule is CCN(CCCOc1ccc(F)cc1)C1CCC(N)CC1. The number of ether oxygens (including phenoxy) is 1. The molecule has 0 amide bonds. The summed E-state index contributed by atoms with van der Waals surface area (Å²) < 4.78 is 18.4. The van der Waals surface area contributed by atoms with Gasteiger partial charge in [0.2, 0.25) is 0 Å². The summed E-state index contributed by atoms with van der Waals surface area (Å²) in [5.74, 6) is 0.512. The zero-order chi connectivity index (χ0) is 15.1. The summed E-state index contributed by atoms with van der Waals surface area (Å²) in [6, 6.07) is 7.30. The average molecular weight is 294 g/mol. The smallest absolute Gasteiger partial charge is 0.123 e. The Kier molecular flexibility index (Phi) is 6.46. The molecule has 0 bridgehead atoms. The van der Waals surface area contributed by atoms with Crippen molar-refractivity contribution in [3.05, 3.63) is 30.1 Å². The molecule has 2 rings (SSSR count). The molecule has 0 aromatic heterocycles. The Morgan fingerprint density at radius 1 is 1.19 bits per heavy atom. The first-order chi connectivity index (χ1) is 10.2. The molecule has 1 aliphatic rings. The number of halogens is 1. The minimum Gasteiger partial charge on any atom is -0.494 e. The van der Waals surface area contributed by atoms with Crippen LogP contribution in [0.25, 0.3) is 0 Å². The van der Waals surface area contributed by atoms with Gasteiger partial charge in [-0.3, -0.25) is 0 Å². The highest BCUT2D eigenvalue weighted by atomic mass is 19.1. The van der Waals surface area contributed by atoms with E-state index in [0.717, 1.165) is 38.1 Å². The maximum absolute atomic E-state index is 12.8. The van der Waals surface area contributed by atoms with Crippen LogP contribution in [0, 0.1) is 5.82 Å². The molecule has 0 atom stereocenters. The lowest BCUT2D eigenvalue weighted by Crippen LogP contribution is -2.41. The first-order valence-electron chi connectivity index (χ1n) is 8.07. The quantitative estimate of drug-likeness (QED) is 0.785. The number of hydrogen-bond acceptors (Lipinski definition) is 3. The number of nitrogens with zero attached hydrogens (tertiary/aromatic N) is 1. The maximum Gasteiger partial charge on any atom is 0.123 e. The molecule has 21 heavy (non-hydrogen) atoms. The standard InChI is InChI=1S/C17H27FN2O/c1-2-20(16-8-6-15(19)7-9-16)12-3-13-21-17-10-4-14(18)5-11-17/h4-5,10-11,15-16H,2-3,6-9,12-13,19H2,1H3. The third kappa shape index (κ3) is 5.29. The fourth-order valence-electron chi connectivity index (χ4n) is 3.05. The zero-order valence-electron chi connectivity index (χ0n) is 12.9. The second kappa shape index (κ2) is 8.35. The molecule has 118 valence electrons. The van der Waals surface area contributed by atoms with Crippen LogP contribution in [0.1, 0.15) is 39.0 Å². The molecule has 0 unspecified atom stereocenters. The van der Waals surface area contributed by atoms with E-state index in [1.165, 1.54) is 25.0 Å². The van der Waals surface area contributed by atoms with Gasteiger partial charge in [0.1, 0.15) is 11.6 Å². The summed E-state index contributed by atoms with van der Waals surface area (Å²) in [7, 11) is 0. The van der Waals surface area contributed by atoms with Crippen LogP contribution in [0.15, 0.2) is 24.3 Å². The van der Waals surface area contributed by atoms with Crippen molar-refractivity contribution in [2.24, 2.45) is 5.73 Å². The molecule has 2 N–H and O–H groups in total. The molecule has 1 saturated carbocycles. The van der Waals surface area contributed by atoms with Crippen molar-refractivity contribution in [3.8, 4) is 5.75 Å². The summed E-state index contributed by atoms with van der Waals surface area (Å²) in [4.78, 5) is 2.54. The number of rotatable bonds is 7. The molecule has 1 fully saturated rings. The van der Waals surface area contributed by atoms with E-state index in [-0.39, 0.29) is 5.82 Å². The van der Waals surface area contributed by atoms with Crippen LogP contribution in [-0.4, -0.2) is 36.7 Å². The summed E-state index contributed by atoms with van der Waals surface area (Å²) in [5.41, 5.74) is 5.97. The van der Waals surface area contributed by atoms with E-state index in [0.29, 0.717) is 18.7 Å². The molecule has 1 aromatic carbocycles. The first kappa shape index (κ1) is 16.2. The Morgan fingerprint density at radius 3 is 2.48 bits per heavy atom. The molecule has 4 heteroatoms. The van der Waals surface area contributed by atoms with E-state index in [4.69, 9.17) is 10.5 Å². The molecule has 0 aliphatic heterocycles. The lowest BCUT2D eigenvalue weighted by atomic mass is 9.90. The van der Waals surface area contributed by atoms with E-state index in [2.05, 4.69) is 11.8 Å². The molecule has 3 nitrogen and oxygen atoms in total. The minimum absolute atomic E-state index is 0.227. The summed E-state index contributed by atoms with van der Waals surface area (Å²) in [6.07, 6.45) is 5.72. The predicted octanol–water partition coefficient (Wildman–Crippen LogP) is 3.19. The van der Waals surface area contributed by atoms with Gasteiger partial charge in [-0.15, -0.1) is 0 Å². The fraction of sp³-hybridized carbons (Fsp3) is 0.647. The molecule has 1 aliphatic carbocycles. The van der Waals surface area contributed by atoms with Gasteiger partial charge in [-0.05, 0) is 62.9 Å². The van der Waals surface area contributed by atoms with Crippen LogP contribution in [-0.2, 0) is 0 Å². The Labute approximate surface area is 127 Å². The van der Waals surface area contributed by atoms with E-state index < -0.39 is 0 Å². The highest BCUT2D eigenvalue weighted by Crippen LogP contribution is 2.22. The predicted molar refractivity (Wildman–Crippen MR) is 84.0 cm³/mol. The van der Waals surface area contributed by atoms with Crippen molar-refractivity contribution in [1.82, 2.24) is 4.90 Å². The van der Waals surface area contributed by atoms with Crippen molar-refractivity contribution in [3.63, 3.8) is 0 Å². The van der Waals surface area contributed by atoms with Gasteiger partial charge in [-0.1, -0.05) is 6.92 Å². The van der Waals surface area contributed by atoms with E-state index >= 15 is 0 Å². The van der Waals surface area contributed by atoms with Crippen LogP contribution >= 0.6 is 0 Å².